The van der Waals surface area contributed by atoms with E-state index in [4.69, 9.17) is 15.9 Å². The second kappa shape index (κ2) is 4.24. The Bertz CT molecular complexity index is 382. The molecule has 2 unspecified atom stereocenters. The number of benzene rings is 1. The summed E-state index contributed by atoms with van der Waals surface area (Å²) in [5.41, 5.74) is 4.34. The highest BCUT2D eigenvalue weighted by Gasteiger charge is 2.26. The van der Waals surface area contributed by atoms with Gasteiger partial charge >= 0.3 is 0 Å². The molecule has 0 saturated heterocycles. The molecular weight excluding hydrogens is 205 g/mol. The van der Waals surface area contributed by atoms with Gasteiger partial charge in [-0.25, -0.2) is 4.39 Å². The van der Waals surface area contributed by atoms with Gasteiger partial charge in [0.25, 0.3) is 0 Å². The van der Waals surface area contributed by atoms with Gasteiger partial charge in [0.1, 0.15) is 6.10 Å². The summed E-state index contributed by atoms with van der Waals surface area (Å²) in [4.78, 5) is 10.5. The molecule has 0 bridgehead atoms. The van der Waals surface area contributed by atoms with Gasteiger partial charge in [0, 0.05) is 5.56 Å². The number of aliphatic hydroxyl groups excluding tert-OH is 2. The molecule has 0 heterocycles. The third-order valence-electron chi connectivity index (χ3n) is 1.92. The Morgan fingerprint density at radius 1 is 1.40 bits per heavy atom. The number of amides is 1. The largest absolute Gasteiger partial charge is 0.505 e. The predicted octanol–water partition coefficient (Wildman–Crippen LogP) is -0.589. The van der Waals surface area contributed by atoms with E-state index in [1.807, 2.05) is 0 Å². The third-order valence-corrected chi connectivity index (χ3v) is 1.92. The number of primary amides is 1. The van der Waals surface area contributed by atoms with E-state index in [1.165, 1.54) is 6.07 Å². The third kappa shape index (κ3) is 2.23. The summed E-state index contributed by atoms with van der Waals surface area (Å²) < 4.78 is 13.2. The fraction of sp³-hybridized carbons (Fsp3) is 0.222. The van der Waals surface area contributed by atoms with Crippen LogP contribution in [0.3, 0.4) is 0 Å². The van der Waals surface area contributed by atoms with Crippen LogP contribution in [0.5, 0.6) is 5.75 Å². The Balaban J connectivity index is 3.06. The van der Waals surface area contributed by atoms with Crippen molar-refractivity contribution in [2.45, 2.75) is 12.2 Å². The number of phenols is 1. The van der Waals surface area contributed by atoms with Crippen LogP contribution >= 0.6 is 0 Å². The zero-order valence-corrected chi connectivity index (χ0v) is 7.59. The Hall–Kier alpha value is -1.66. The Labute approximate surface area is 84.6 Å². The quantitative estimate of drug-likeness (QED) is 0.541. The number of aromatic hydroxyl groups is 1. The van der Waals surface area contributed by atoms with Gasteiger partial charge in [0.05, 0.1) is 0 Å². The van der Waals surface area contributed by atoms with Crippen LogP contribution in [0.2, 0.25) is 0 Å². The average molecular weight is 215 g/mol. The molecule has 82 valence electrons. The van der Waals surface area contributed by atoms with E-state index < -0.39 is 29.7 Å². The summed E-state index contributed by atoms with van der Waals surface area (Å²) in [7, 11) is 0. The van der Waals surface area contributed by atoms with E-state index in [9.17, 15) is 14.3 Å². The number of halogens is 1. The first-order chi connectivity index (χ1) is 6.95. The number of nitrogens with two attached hydrogens (primary N) is 1. The van der Waals surface area contributed by atoms with Crippen molar-refractivity contribution in [3.63, 3.8) is 0 Å². The summed E-state index contributed by atoms with van der Waals surface area (Å²) in [5, 5.41) is 27.4. The highest BCUT2D eigenvalue weighted by Crippen LogP contribution is 2.25. The minimum Gasteiger partial charge on any atom is -0.505 e. The lowest BCUT2D eigenvalue weighted by atomic mass is 10.0. The van der Waals surface area contributed by atoms with Gasteiger partial charge in [-0.2, -0.15) is 0 Å². The number of phenolic OH excluding ortho intramolecular Hbond substituents is 1. The van der Waals surface area contributed by atoms with Crippen molar-refractivity contribution >= 4 is 5.91 Å². The molecule has 15 heavy (non-hydrogen) atoms. The number of carbonyl (C=O) groups is 1. The summed E-state index contributed by atoms with van der Waals surface area (Å²) >= 11 is 0. The van der Waals surface area contributed by atoms with Crippen LogP contribution in [0.1, 0.15) is 11.7 Å². The molecule has 0 saturated carbocycles. The lowest BCUT2D eigenvalue weighted by molar-refractivity contribution is -0.132. The van der Waals surface area contributed by atoms with E-state index in [0.29, 0.717) is 0 Å². The van der Waals surface area contributed by atoms with Crippen LogP contribution in [0, 0.1) is 5.82 Å². The molecule has 0 aromatic heterocycles. The molecule has 1 aromatic carbocycles. The first-order valence-electron chi connectivity index (χ1n) is 4.08. The minimum absolute atomic E-state index is 0.388. The van der Waals surface area contributed by atoms with Crippen LogP contribution in [-0.2, 0) is 4.79 Å². The zero-order valence-electron chi connectivity index (χ0n) is 7.59. The van der Waals surface area contributed by atoms with Crippen molar-refractivity contribution in [1.29, 1.82) is 0 Å². The zero-order chi connectivity index (χ0) is 11.6. The molecule has 0 radical (unpaired) electrons. The first kappa shape index (κ1) is 11.4. The molecule has 0 aliphatic carbocycles. The van der Waals surface area contributed by atoms with E-state index in [2.05, 4.69) is 0 Å². The molecule has 1 rings (SSSR count). The van der Waals surface area contributed by atoms with Crippen molar-refractivity contribution in [3.8, 4) is 5.75 Å². The van der Waals surface area contributed by atoms with Crippen molar-refractivity contribution in [2.24, 2.45) is 5.73 Å². The van der Waals surface area contributed by atoms with E-state index >= 15 is 0 Å². The number of hydrogen-bond acceptors (Lipinski definition) is 4. The number of hydrogen-bond donors (Lipinski definition) is 4. The summed E-state index contributed by atoms with van der Waals surface area (Å²) in [6.07, 6.45) is -3.71. The van der Waals surface area contributed by atoms with Crippen LogP contribution < -0.4 is 5.73 Å². The molecule has 0 spiro atoms. The van der Waals surface area contributed by atoms with Crippen LogP contribution in [0.25, 0.3) is 0 Å². The van der Waals surface area contributed by atoms with Gasteiger partial charge in [0.2, 0.25) is 5.91 Å². The van der Waals surface area contributed by atoms with Gasteiger partial charge in [-0.05, 0) is 6.07 Å². The number of rotatable bonds is 3. The molecule has 1 amide bonds. The lowest BCUT2D eigenvalue weighted by Gasteiger charge is -2.15. The predicted molar refractivity (Wildman–Crippen MR) is 48.2 cm³/mol. The van der Waals surface area contributed by atoms with Gasteiger partial charge in [0.15, 0.2) is 17.7 Å². The molecule has 6 heteroatoms. The maximum absolute atomic E-state index is 13.2. The monoisotopic (exact) mass is 215 g/mol. The van der Waals surface area contributed by atoms with Gasteiger partial charge in [-0.15, -0.1) is 0 Å². The van der Waals surface area contributed by atoms with Crippen molar-refractivity contribution in [3.05, 3.63) is 29.6 Å². The molecule has 5 N–H and O–H groups in total. The van der Waals surface area contributed by atoms with E-state index in [1.54, 1.807) is 0 Å². The second-order valence-electron chi connectivity index (χ2n) is 2.97. The lowest BCUT2D eigenvalue weighted by Crippen LogP contribution is -2.34. The second-order valence-corrected chi connectivity index (χ2v) is 2.97. The normalized spacial score (nSPS) is 14.6. The van der Waals surface area contributed by atoms with Crippen LogP contribution in [0.15, 0.2) is 18.2 Å². The topological polar surface area (TPSA) is 104 Å². The summed E-state index contributed by atoms with van der Waals surface area (Å²) in [6.45, 7) is 0. The molecule has 5 nitrogen and oxygen atoms in total. The van der Waals surface area contributed by atoms with Gasteiger partial charge in [-0.3, -0.25) is 4.79 Å². The summed E-state index contributed by atoms with van der Waals surface area (Å²) in [5.74, 6) is -2.95. The highest BCUT2D eigenvalue weighted by atomic mass is 19.1. The molecule has 2 atom stereocenters. The molecule has 0 aliphatic heterocycles. The standard InChI is InChI=1S/C9H10FNO4/c10-6-4(2-1-3-5(6)12)7(13)8(14)9(11)15/h1-3,7-8,12-14H,(H2,11,15). The molecule has 1 aromatic rings. The Morgan fingerprint density at radius 2 is 2.00 bits per heavy atom. The maximum Gasteiger partial charge on any atom is 0.249 e. The Kier molecular flexibility index (Phi) is 3.23. The molecular formula is C9H10FNO4. The fourth-order valence-electron chi connectivity index (χ4n) is 1.09. The van der Waals surface area contributed by atoms with Gasteiger partial charge < -0.3 is 21.1 Å². The van der Waals surface area contributed by atoms with Crippen LogP contribution in [-0.4, -0.2) is 27.3 Å². The number of carbonyl (C=O) groups excluding carboxylic acids is 1. The molecule has 0 fully saturated rings. The van der Waals surface area contributed by atoms with Crippen molar-refractivity contribution in [1.82, 2.24) is 0 Å². The fourth-order valence-corrected chi connectivity index (χ4v) is 1.09. The summed E-state index contributed by atoms with van der Waals surface area (Å²) in [6, 6.07) is 3.47. The van der Waals surface area contributed by atoms with Crippen molar-refractivity contribution in [2.75, 3.05) is 0 Å². The first-order valence-corrected chi connectivity index (χ1v) is 4.08. The van der Waals surface area contributed by atoms with E-state index in [-0.39, 0.29) is 5.56 Å². The molecule has 0 aliphatic rings. The maximum atomic E-state index is 13.2. The average Bonchev–Trinajstić information content (AvgIpc) is 2.20. The number of aliphatic hydroxyl groups is 2. The Morgan fingerprint density at radius 3 is 2.53 bits per heavy atom. The van der Waals surface area contributed by atoms with Crippen LogP contribution in [0.4, 0.5) is 4.39 Å². The smallest absolute Gasteiger partial charge is 0.249 e. The van der Waals surface area contributed by atoms with E-state index in [0.717, 1.165) is 12.1 Å². The highest BCUT2D eigenvalue weighted by molar-refractivity contribution is 5.79. The SMILES string of the molecule is NC(=O)C(O)C(O)c1cccc(O)c1F. The minimum atomic E-state index is -1.92. The van der Waals surface area contributed by atoms with Crippen molar-refractivity contribution < 1.29 is 24.5 Å². The van der Waals surface area contributed by atoms with Gasteiger partial charge in [-0.1, -0.05) is 12.1 Å².